The minimum atomic E-state index is -0.397. The Morgan fingerprint density at radius 3 is 2.27 bits per heavy atom. The first-order valence-corrected chi connectivity index (χ1v) is 8.49. The lowest BCUT2D eigenvalue weighted by Crippen LogP contribution is -2.49. The van der Waals surface area contributed by atoms with Crippen molar-refractivity contribution in [3.05, 3.63) is 22.2 Å². The van der Waals surface area contributed by atoms with Crippen LogP contribution in [0, 0.1) is 11.3 Å². The van der Waals surface area contributed by atoms with Crippen LogP contribution < -0.4 is 15.2 Å². The Balaban J connectivity index is 2.05. The van der Waals surface area contributed by atoms with Crippen LogP contribution in [0.1, 0.15) is 81.9 Å². The topological polar surface area (TPSA) is 72.7 Å². The Labute approximate surface area is 130 Å². The predicted molar refractivity (Wildman–Crippen MR) is 79.3 cm³/mol. The van der Waals surface area contributed by atoms with E-state index >= 15 is 0 Å². The molecule has 0 saturated heterocycles. The first kappa shape index (κ1) is 15.1. The fourth-order valence-electron chi connectivity index (χ4n) is 3.92. The Kier molecular flexibility index (Phi) is 4.47. The SMILES string of the molecule is N#Cc1c([O-])[n+](C2CCCCC2)cn(C2CCCCC2)c1=O. The van der Waals surface area contributed by atoms with E-state index in [0.29, 0.717) is 0 Å². The smallest absolute Gasteiger partial charge is 0.354 e. The summed E-state index contributed by atoms with van der Waals surface area (Å²) in [5.74, 6) is -0.397. The van der Waals surface area contributed by atoms with E-state index in [-0.39, 0.29) is 17.6 Å². The lowest BCUT2D eigenvalue weighted by Gasteiger charge is -2.26. The Bertz CT molecular complexity index is 633. The molecule has 0 aromatic carbocycles. The van der Waals surface area contributed by atoms with Gasteiger partial charge in [0.05, 0.1) is 11.9 Å². The van der Waals surface area contributed by atoms with Crippen LogP contribution in [0.3, 0.4) is 0 Å². The van der Waals surface area contributed by atoms with Gasteiger partial charge in [0.25, 0.3) is 0 Å². The van der Waals surface area contributed by atoms with Crippen LogP contribution in [0.15, 0.2) is 11.1 Å². The third kappa shape index (κ3) is 2.75. The van der Waals surface area contributed by atoms with Gasteiger partial charge < -0.3 is 5.11 Å². The van der Waals surface area contributed by atoms with E-state index in [1.54, 1.807) is 15.5 Å². The molecule has 0 bridgehead atoms. The molecule has 0 atom stereocenters. The maximum atomic E-state index is 12.5. The highest BCUT2D eigenvalue weighted by Crippen LogP contribution is 2.28. The maximum absolute atomic E-state index is 12.5. The van der Waals surface area contributed by atoms with Crippen molar-refractivity contribution in [2.75, 3.05) is 0 Å². The van der Waals surface area contributed by atoms with Gasteiger partial charge in [0, 0.05) is 0 Å². The number of hydrogen-bond acceptors (Lipinski definition) is 3. The van der Waals surface area contributed by atoms with Gasteiger partial charge in [-0.25, -0.2) is 9.36 Å². The number of nitriles is 1. The average molecular weight is 301 g/mol. The van der Waals surface area contributed by atoms with Crippen LogP contribution in [0.2, 0.25) is 0 Å². The molecule has 2 aliphatic carbocycles. The molecular weight excluding hydrogens is 278 g/mol. The minimum absolute atomic E-state index is 0.142. The highest BCUT2D eigenvalue weighted by Gasteiger charge is 2.28. The van der Waals surface area contributed by atoms with Gasteiger partial charge in [0.15, 0.2) is 5.56 Å². The van der Waals surface area contributed by atoms with Crippen molar-refractivity contribution in [3.8, 4) is 11.9 Å². The monoisotopic (exact) mass is 301 g/mol. The van der Waals surface area contributed by atoms with Gasteiger partial charge >= 0.3 is 5.56 Å². The Hall–Kier alpha value is -1.83. The van der Waals surface area contributed by atoms with Gasteiger partial charge in [-0.2, -0.15) is 9.83 Å². The molecule has 0 N–H and O–H groups in total. The van der Waals surface area contributed by atoms with Gasteiger partial charge in [-0.05, 0) is 51.4 Å². The van der Waals surface area contributed by atoms with Gasteiger partial charge in [-0.1, -0.05) is 12.8 Å². The quantitative estimate of drug-likeness (QED) is 0.785. The zero-order valence-corrected chi connectivity index (χ0v) is 13.0. The zero-order valence-electron chi connectivity index (χ0n) is 13.0. The standard InChI is InChI=1S/C17H23N3O2/c18-11-15-16(21)19(13-7-3-1-4-8-13)12-20(17(15)22)14-9-5-2-6-10-14/h12-14H,1-10H2. The molecule has 2 saturated carbocycles. The second kappa shape index (κ2) is 6.51. The Morgan fingerprint density at radius 2 is 1.68 bits per heavy atom. The lowest BCUT2D eigenvalue weighted by molar-refractivity contribution is -0.763. The molecule has 3 rings (SSSR count). The molecule has 2 aliphatic rings. The highest BCUT2D eigenvalue weighted by molar-refractivity contribution is 5.30. The predicted octanol–water partition coefficient (Wildman–Crippen LogP) is 2.09. The molecule has 5 nitrogen and oxygen atoms in total. The maximum Gasteiger partial charge on any atom is 0.354 e. The molecule has 1 heterocycles. The number of rotatable bonds is 2. The van der Waals surface area contributed by atoms with Crippen molar-refractivity contribution in [2.45, 2.75) is 76.3 Å². The van der Waals surface area contributed by atoms with Gasteiger partial charge in [-0.15, -0.1) is 0 Å². The largest absolute Gasteiger partial charge is 0.841 e. The Morgan fingerprint density at radius 1 is 1.09 bits per heavy atom. The summed E-state index contributed by atoms with van der Waals surface area (Å²) in [7, 11) is 0. The fourth-order valence-corrected chi connectivity index (χ4v) is 3.92. The molecule has 1 aromatic heterocycles. The van der Waals surface area contributed by atoms with Gasteiger partial charge in [0.2, 0.25) is 6.33 Å². The average Bonchev–Trinajstić information content (AvgIpc) is 2.57. The molecule has 0 spiro atoms. The molecule has 0 amide bonds. The van der Waals surface area contributed by atoms with E-state index < -0.39 is 11.4 Å². The van der Waals surface area contributed by atoms with Crippen molar-refractivity contribution >= 4 is 0 Å². The summed E-state index contributed by atoms with van der Waals surface area (Å²) >= 11 is 0. The third-order valence-electron chi connectivity index (χ3n) is 5.19. The van der Waals surface area contributed by atoms with E-state index in [0.717, 1.165) is 51.4 Å². The normalized spacial score (nSPS) is 20.7. The summed E-state index contributed by atoms with van der Waals surface area (Å²) in [5.41, 5.74) is -0.606. The number of aromatic nitrogens is 2. The first-order chi connectivity index (χ1) is 10.7. The van der Waals surface area contributed by atoms with Crippen LogP contribution in [-0.2, 0) is 0 Å². The van der Waals surface area contributed by atoms with Crippen LogP contribution in [0.4, 0.5) is 0 Å². The molecule has 0 unspecified atom stereocenters. The van der Waals surface area contributed by atoms with Crippen molar-refractivity contribution in [1.82, 2.24) is 4.57 Å². The molecule has 0 aliphatic heterocycles. The van der Waals surface area contributed by atoms with Crippen LogP contribution in [0.5, 0.6) is 5.88 Å². The molecule has 118 valence electrons. The fraction of sp³-hybridized carbons (Fsp3) is 0.706. The minimum Gasteiger partial charge on any atom is -0.841 e. The van der Waals surface area contributed by atoms with Crippen molar-refractivity contribution in [1.29, 1.82) is 5.26 Å². The van der Waals surface area contributed by atoms with E-state index in [9.17, 15) is 15.2 Å². The number of nitrogens with zero attached hydrogens (tertiary/aromatic N) is 3. The second-order valence-corrected chi connectivity index (χ2v) is 6.61. The van der Waals surface area contributed by atoms with E-state index in [4.69, 9.17) is 0 Å². The van der Waals surface area contributed by atoms with Crippen molar-refractivity contribution in [3.63, 3.8) is 0 Å². The third-order valence-corrected chi connectivity index (χ3v) is 5.19. The molecule has 1 aromatic rings. The summed E-state index contributed by atoms with van der Waals surface area (Å²) in [6, 6.07) is 2.14. The highest BCUT2D eigenvalue weighted by atomic mass is 16.3. The van der Waals surface area contributed by atoms with Crippen molar-refractivity contribution in [2.24, 2.45) is 0 Å². The molecule has 0 radical (unpaired) electrons. The van der Waals surface area contributed by atoms with Crippen LogP contribution >= 0.6 is 0 Å². The molecule has 22 heavy (non-hydrogen) atoms. The lowest BCUT2D eigenvalue weighted by atomic mass is 9.94. The summed E-state index contributed by atoms with van der Waals surface area (Å²) in [6.07, 6.45) is 12.4. The van der Waals surface area contributed by atoms with E-state index in [2.05, 4.69) is 0 Å². The zero-order chi connectivity index (χ0) is 15.5. The van der Waals surface area contributed by atoms with Crippen molar-refractivity contribution < 1.29 is 9.67 Å². The molecular formula is C17H23N3O2. The van der Waals surface area contributed by atoms with Crippen LogP contribution in [-0.4, -0.2) is 4.57 Å². The summed E-state index contributed by atoms with van der Waals surface area (Å²) in [5, 5.41) is 21.8. The molecule has 2 fully saturated rings. The van der Waals surface area contributed by atoms with E-state index in [1.807, 2.05) is 6.07 Å². The summed E-state index contributed by atoms with van der Waals surface area (Å²) in [6.45, 7) is 0. The first-order valence-electron chi connectivity index (χ1n) is 8.49. The molecule has 5 heteroatoms. The van der Waals surface area contributed by atoms with E-state index in [1.165, 1.54) is 12.8 Å². The summed E-state index contributed by atoms with van der Waals surface area (Å²) in [4.78, 5) is 12.5. The van der Waals surface area contributed by atoms with Gasteiger partial charge in [-0.3, -0.25) is 0 Å². The van der Waals surface area contributed by atoms with Gasteiger partial charge in [0.1, 0.15) is 12.1 Å². The number of hydrogen-bond donors (Lipinski definition) is 0. The second-order valence-electron chi connectivity index (χ2n) is 6.61. The van der Waals surface area contributed by atoms with Crippen LogP contribution in [0.25, 0.3) is 0 Å². The summed E-state index contributed by atoms with van der Waals surface area (Å²) < 4.78 is 3.35.